The first-order chi connectivity index (χ1) is 16.5. The minimum Gasteiger partial charge on any atom is -0.479 e. The molecule has 0 radical (unpaired) electrons. The fraction of sp³-hybridized carbons (Fsp3) is 0.870. The van der Waals surface area contributed by atoms with Gasteiger partial charge in [-0.1, -0.05) is 0 Å². The molecule has 2 heterocycles. The number of hydrogen-bond acceptors (Lipinski definition) is 10. The summed E-state index contributed by atoms with van der Waals surface area (Å²) in [4.78, 5) is 24.5. The fourth-order valence-electron chi connectivity index (χ4n) is 7.05. The van der Waals surface area contributed by atoms with Crippen molar-refractivity contribution in [2.45, 2.75) is 99.3 Å². The van der Waals surface area contributed by atoms with Gasteiger partial charge in [-0.2, -0.15) is 5.26 Å². The van der Waals surface area contributed by atoms with Crippen molar-refractivity contribution in [3.05, 3.63) is 0 Å². The third kappa shape index (κ3) is 5.32. The van der Waals surface area contributed by atoms with Gasteiger partial charge in [-0.3, -0.25) is 4.79 Å². The maximum absolute atomic E-state index is 12.4. The molecule has 35 heavy (non-hydrogen) atoms. The maximum Gasteiger partial charge on any atom is 0.335 e. The zero-order valence-electron chi connectivity index (χ0n) is 19.5. The molecule has 0 spiro atoms. The number of nitrogens with one attached hydrogen (secondary N) is 1. The number of aliphatic hydroxyl groups excluding tert-OH is 4. The van der Waals surface area contributed by atoms with Crippen molar-refractivity contribution in [2.75, 3.05) is 13.1 Å². The van der Waals surface area contributed by atoms with E-state index < -0.39 is 42.3 Å². The first kappa shape index (κ1) is 26.2. The van der Waals surface area contributed by atoms with Crippen LogP contribution in [0.3, 0.4) is 0 Å². The summed E-state index contributed by atoms with van der Waals surface area (Å²) in [6.45, 7) is 1.02. The Morgan fingerprint density at radius 1 is 1.06 bits per heavy atom. The number of rotatable bonds is 4. The molecule has 2 unspecified atom stereocenters. The Morgan fingerprint density at radius 2 is 1.71 bits per heavy atom. The SMILES string of the molecule is N#C[C@@H]1CCCN1C(=O)CNC12CC3CC(CC(O)(C3)C1)C2.O=C(O)[C@H]1O[C@@H](O)[C@H](O)[C@@H](O)[C@@H]1O. The van der Waals surface area contributed by atoms with Gasteiger partial charge in [-0.05, 0) is 63.2 Å². The molecule has 0 aromatic heterocycles. The van der Waals surface area contributed by atoms with Crippen molar-refractivity contribution in [3.8, 4) is 6.07 Å². The summed E-state index contributed by atoms with van der Waals surface area (Å²) in [5, 5.41) is 67.7. The van der Waals surface area contributed by atoms with Crippen molar-refractivity contribution in [1.29, 1.82) is 5.26 Å². The first-order valence-electron chi connectivity index (χ1n) is 12.2. The molecule has 8 atom stereocenters. The molecule has 6 aliphatic rings. The zero-order chi connectivity index (χ0) is 25.5. The third-order valence-electron chi connectivity index (χ3n) is 8.20. The van der Waals surface area contributed by atoms with Crippen molar-refractivity contribution >= 4 is 11.9 Å². The summed E-state index contributed by atoms with van der Waals surface area (Å²) in [5.41, 5.74) is -0.542. The summed E-state index contributed by atoms with van der Waals surface area (Å²) >= 11 is 0. The molecule has 1 amide bonds. The Balaban J connectivity index is 0.000000191. The quantitative estimate of drug-likeness (QED) is 0.227. The van der Waals surface area contributed by atoms with E-state index in [0.29, 0.717) is 24.9 Å². The van der Waals surface area contributed by atoms with Crippen LogP contribution in [0, 0.1) is 23.2 Å². The van der Waals surface area contributed by atoms with Gasteiger partial charge in [0.05, 0.1) is 18.2 Å². The lowest BCUT2D eigenvalue weighted by atomic mass is 9.51. The molecule has 6 fully saturated rings. The number of aliphatic carboxylic acids is 1. The standard InChI is InChI=1S/C17H25N3O2.C6H10O7/c18-9-14-2-1-3-20(14)15(21)10-19-16-5-12-4-13(6-16)8-17(22,7-12)11-16;7-1-2(8)4(5(10)11)13-6(12)3(1)9/h12-14,19,22H,1-8,10-11H2;1-4,6-9,12H,(H,10,11)/t12?,13?,14-,16?,17?;1-,2-,3+,4-,6+/m00/s1. The summed E-state index contributed by atoms with van der Waals surface area (Å²) < 4.78 is 4.34. The van der Waals surface area contributed by atoms with Crippen LogP contribution in [0.2, 0.25) is 0 Å². The molecule has 6 rings (SSSR count). The fourth-order valence-corrected chi connectivity index (χ4v) is 7.05. The van der Waals surface area contributed by atoms with Gasteiger partial charge in [0.1, 0.15) is 24.4 Å². The van der Waals surface area contributed by atoms with Crippen molar-refractivity contribution < 1.29 is 45.0 Å². The monoisotopic (exact) mass is 497 g/mol. The summed E-state index contributed by atoms with van der Waals surface area (Å²) in [6.07, 6.45) is -0.853. The second-order valence-electron chi connectivity index (χ2n) is 11.0. The molecule has 0 aromatic carbocycles. The maximum atomic E-state index is 12.4. The molecule has 2 saturated heterocycles. The van der Waals surface area contributed by atoms with Crippen LogP contribution in [0.25, 0.3) is 0 Å². The summed E-state index contributed by atoms with van der Waals surface area (Å²) in [5.74, 6) is -0.232. The minimum atomic E-state index is -1.81. The number of aliphatic hydroxyl groups is 5. The average molecular weight is 498 g/mol. The molecule has 12 heteroatoms. The van der Waals surface area contributed by atoms with E-state index in [1.54, 1.807) is 4.90 Å². The van der Waals surface area contributed by atoms with Gasteiger partial charge in [-0.15, -0.1) is 0 Å². The minimum absolute atomic E-state index is 0.0453. The Labute approximate surface area is 203 Å². The Bertz CT molecular complexity index is 850. The molecule has 7 N–H and O–H groups in total. The van der Waals surface area contributed by atoms with Crippen LogP contribution in [-0.2, 0) is 14.3 Å². The number of nitrogens with zero attached hydrogens (tertiary/aromatic N) is 2. The van der Waals surface area contributed by atoms with Gasteiger partial charge in [0.15, 0.2) is 12.4 Å². The zero-order valence-corrected chi connectivity index (χ0v) is 19.5. The van der Waals surface area contributed by atoms with E-state index in [-0.39, 0.29) is 17.5 Å². The van der Waals surface area contributed by atoms with Crippen LogP contribution in [0.5, 0.6) is 0 Å². The second kappa shape index (κ2) is 9.89. The van der Waals surface area contributed by atoms with Crippen molar-refractivity contribution in [3.63, 3.8) is 0 Å². The Kier molecular flexibility index (Phi) is 7.41. The third-order valence-corrected chi connectivity index (χ3v) is 8.20. The van der Waals surface area contributed by atoms with Gasteiger partial charge >= 0.3 is 5.97 Å². The normalized spacial score (nSPS) is 46.0. The van der Waals surface area contributed by atoms with Crippen molar-refractivity contribution in [2.24, 2.45) is 11.8 Å². The van der Waals surface area contributed by atoms with Gasteiger partial charge in [0, 0.05) is 12.1 Å². The number of carbonyl (C=O) groups excluding carboxylic acids is 1. The number of ether oxygens (including phenoxy) is 1. The molecule has 4 bridgehead atoms. The van der Waals surface area contributed by atoms with E-state index in [4.69, 9.17) is 30.8 Å². The number of amides is 1. The Hall–Kier alpha value is -1.85. The van der Waals surface area contributed by atoms with E-state index in [1.165, 1.54) is 6.42 Å². The summed E-state index contributed by atoms with van der Waals surface area (Å²) in [7, 11) is 0. The number of hydrogen-bond donors (Lipinski definition) is 7. The van der Waals surface area contributed by atoms with E-state index >= 15 is 0 Å². The number of nitriles is 1. The van der Waals surface area contributed by atoms with Gasteiger partial charge in [0.25, 0.3) is 0 Å². The number of carboxylic acids is 1. The highest BCUT2D eigenvalue weighted by molar-refractivity contribution is 5.79. The number of carboxylic acid groups (broad SMARTS) is 1. The van der Waals surface area contributed by atoms with Gasteiger partial charge in [-0.25, -0.2) is 4.79 Å². The highest BCUT2D eigenvalue weighted by atomic mass is 16.6. The Morgan fingerprint density at radius 3 is 2.29 bits per heavy atom. The van der Waals surface area contributed by atoms with Crippen molar-refractivity contribution in [1.82, 2.24) is 10.2 Å². The molecule has 196 valence electrons. The molecule has 4 aliphatic carbocycles. The smallest absolute Gasteiger partial charge is 0.335 e. The van der Waals surface area contributed by atoms with E-state index in [1.807, 2.05) is 0 Å². The highest BCUT2D eigenvalue weighted by Crippen LogP contribution is 2.57. The lowest BCUT2D eigenvalue weighted by molar-refractivity contribution is -0.279. The van der Waals surface area contributed by atoms with Crippen LogP contribution in [0.15, 0.2) is 0 Å². The van der Waals surface area contributed by atoms with Crippen LogP contribution >= 0.6 is 0 Å². The van der Waals surface area contributed by atoms with E-state index in [9.17, 15) is 14.7 Å². The number of carbonyl (C=O) groups is 2. The van der Waals surface area contributed by atoms with E-state index in [2.05, 4.69) is 16.1 Å². The second-order valence-corrected chi connectivity index (χ2v) is 11.0. The summed E-state index contributed by atoms with van der Waals surface area (Å²) in [6, 6.07) is 1.99. The topological polar surface area (TPSA) is 204 Å². The molecule has 4 saturated carbocycles. The van der Waals surface area contributed by atoms with Gasteiger partial charge < -0.3 is 45.6 Å². The van der Waals surface area contributed by atoms with Crippen LogP contribution < -0.4 is 5.32 Å². The van der Waals surface area contributed by atoms with Crippen LogP contribution in [-0.4, -0.2) is 108 Å². The van der Waals surface area contributed by atoms with E-state index in [0.717, 1.165) is 44.9 Å². The molecular formula is C23H35N3O9. The lowest BCUT2D eigenvalue weighted by Gasteiger charge is -2.60. The van der Waals surface area contributed by atoms with Crippen LogP contribution in [0.4, 0.5) is 0 Å². The molecular weight excluding hydrogens is 462 g/mol. The molecule has 0 aromatic rings. The predicted octanol–water partition coefficient (Wildman–Crippen LogP) is -1.95. The average Bonchev–Trinajstić information content (AvgIpc) is 3.26. The van der Waals surface area contributed by atoms with Crippen LogP contribution in [0.1, 0.15) is 51.4 Å². The predicted molar refractivity (Wildman–Crippen MR) is 117 cm³/mol. The largest absolute Gasteiger partial charge is 0.479 e. The van der Waals surface area contributed by atoms with Gasteiger partial charge in [0.2, 0.25) is 5.91 Å². The first-order valence-corrected chi connectivity index (χ1v) is 12.2. The molecule has 2 aliphatic heterocycles. The molecule has 12 nitrogen and oxygen atoms in total. The lowest BCUT2D eigenvalue weighted by Crippen LogP contribution is -2.65. The highest BCUT2D eigenvalue weighted by Gasteiger charge is 2.57. The number of likely N-dealkylation sites (tertiary alicyclic amines) is 1.